The topological polar surface area (TPSA) is 38.3 Å². The van der Waals surface area contributed by atoms with E-state index in [1.807, 2.05) is 49.4 Å². The van der Waals surface area contributed by atoms with Crippen molar-refractivity contribution in [3.05, 3.63) is 42.5 Å². The maximum Gasteiger partial charge on any atom is 0.257 e. The number of carbonyl (C=O) groups is 1. The number of allylic oxidation sites excluding steroid dienone is 1. The lowest BCUT2D eigenvalue weighted by Gasteiger charge is -2.06. The van der Waals surface area contributed by atoms with E-state index in [4.69, 9.17) is 4.74 Å². The molecular weight excluding hydrogens is 202 g/mol. The zero-order valence-electron chi connectivity index (χ0n) is 9.48. The van der Waals surface area contributed by atoms with Crippen LogP contribution in [0.25, 0.3) is 0 Å². The summed E-state index contributed by atoms with van der Waals surface area (Å²) >= 11 is 0. The van der Waals surface area contributed by atoms with E-state index in [9.17, 15) is 4.79 Å². The summed E-state index contributed by atoms with van der Waals surface area (Å²) in [6.07, 6.45) is 4.83. The van der Waals surface area contributed by atoms with Gasteiger partial charge in [0.1, 0.15) is 5.75 Å². The van der Waals surface area contributed by atoms with Crippen molar-refractivity contribution < 1.29 is 9.53 Å². The Morgan fingerprint density at radius 2 is 2.12 bits per heavy atom. The van der Waals surface area contributed by atoms with Crippen LogP contribution in [-0.4, -0.2) is 19.1 Å². The summed E-state index contributed by atoms with van der Waals surface area (Å²) < 4.78 is 5.29. The van der Waals surface area contributed by atoms with Crippen LogP contribution in [0.5, 0.6) is 5.75 Å². The molecule has 0 unspecified atom stereocenters. The summed E-state index contributed by atoms with van der Waals surface area (Å²) in [5, 5.41) is 2.77. The van der Waals surface area contributed by atoms with Crippen LogP contribution in [0, 0.1) is 0 Å². The Morgan fingerprint density at radius 3 is 2.81 bits per heavy atom. The molecule has 1 aromatic carbocycles. The molecule has 0 radical (unpaired) electrons. The van der Waals surface area contributed by atoms with Gasteiger partial charge in [-0.05, 0) is 25.5 Å². The predicted octanol–water partition coefficient (Wildman–Crippen LogP) is 2.15. The number of ether oxygens (including phenoxy) is 1. The highest BCUT2D eigenvalue weighted by Gasteiger charge is 2.00. The maximum atomic E-state index is 11.3. The maximum absolute atomic E-state index is 11.3. The molecule has 0 aliphatic carbocycles. The summed E-state index contributed by atoms with van der Waals surface area (Å²) in [6.45, 7) is 2.68. The van der Waals surface area contributed by atoms with E-state index in [0.717, 1.165) is 6.42 Å². The number of para-hydroxylation sites is 1. The molecule has 3 nitrogen and oxygen atoms in total. The van der Waals surface area contributed by atoms with E-state index >= 15 is 0 Å². The van der Waals surface area contributed by atoms with Gasteiger partial charge in [-0.25, -0.2) is 0 Å². The lowest BCUT2D eigenvalue weighted by Crippen LogP contribution is -2.29. The monoisotopic (exact) mass is 219 g/mol. The van der Waals surface area contributed by atoms with E-state index in [1.54, 1.807) is 0 Å². The molecule has 3 heteroatoms. The average Bonchev–Trinajstić information content (AvgIpc) is 2.33. The van der Waals surface area contributed by atoms with Crippen molar-refractivity contribution >= 4 is 5.91 Å². The van der Waals surface area contributed by atoms with Crippen molar-refractivity contribution in [1.29, 1.82) is 0 Å². The molecule has 16 heavy (non-hydrogen) atoms. The van der Waals surface area contributed by atoms with Crippen LogP contribution in [0.4, 0.5) is 0 Å². The highest BCUT2D eigenvalue weighted by molar-refractivity contribution is 5.77. The molecule has 0 aliphatic heterocycles. The van der Waals surface area contributed by atoms with Gasteiger partial charge in [0.05, 0.1) is 0 Å². The third kappa shape index (κ3) is 5.20. The number of carbonyl (C=O) groups excluding carboxylic acids is 1. The summed E-state index contributed by atoms with van der Waals surface area (Å²) in [6, 6.07) is 9.31. The summed E-state index contributed by atoms with van der Waals surface area (Å²) in [5.41, 5.74) is 0. The van der Waals surface area contributed by atoms with Crippen LogP contribution >= 0.6 is 0 Å². The Kier molecular flexibility index (Phi) is 5.78. The lowest BCUT2D eigenvalue weighted by molar-refractivity contribution is -0.123. The van der Waals surface area contributed by atoms with E-state index in [0.29, 0.717) is 12.3 Å². The first-order valence-corrected chi connectivity index (χ1v) is 5.38. The summed E-state index contributed by atoms with van der Waals surface area (Å²) in [7, 11) is 0. The van der Waals surface area contributed by atoms with Gasteiger partial charge in [0.15, 0.2) is 6.61 Å². The second-order valence-electron chi connectivity index (χ2n) is 3.31. The first-order chi connectivity index (χ1) is 7.83. The van der Waals surface area contributed by atoms with Gasteiger partial charge in [-0.3, -0.25) is 4.79 Å². The van der Waals surface area contributed by atoms with Crippen molar-refractivity contribution in [2.45, 2.75) is 13.3 Å². The number of rotatable bonds is 6. The SMILES string of the molecule is C/C=C/CCNC(=O)COc1ccccc1. The van der Waals surface area contributed by atoms with Gasteiger partial charge < -0.3 is 10.1 Å². The molecule has 1 rings (SSSR count). The highest BCUT2D eigenvalue weighted by Crippen LogP contribution is 2.07. The Morgan fingerprint density at radius 1 is 1.38 bits per heavy atom. The second kappa shape index (κ2) is 7.51. The van der Waals surface area contributed by atoms with Gasteiger partial charge in [0, 0.05) is 6.54 Å². The number of amides is 1. The Hall–Kier alpha value is -1.77. The third-order valence-electron chi connectivity index (χ3n) is 1.98. The van der Waals surface area contributed by atoms with Crippen LogP contribution in [0.3, 0.4) is 0 Å². The Labute approximate surface area is 96.1 Å². The molecule has 0 bridgehead atoms. The fourth-order valence-electron chi connectivity index (χ4n) is 1.18. The quantitative estimate of drug-likeness (QED) is 0.588. The molecule has 0 saturated carbocycles. The van der Waals surface area contributed by atoms with Gasteiger partial charge >= 0.3 is 0 Å². The standard InChI is InChI=1S/C13H17NO2/c1-2-3-7-10-14-13(15)11-16-12-8-5-4-6-9-12/h2-6,8-9H,7,10-11H2,1H3,(H,14,15)/b3-2+. The summed E-state index contributed by atoms with van der Waals surface area (Å²) in [4.78, 5) is 11.3. The number of nitrogens with one attached hydrogen (secondary N) is 1. The third-order valence-corrected chi connectivity index (χ3v) is 1.98. The van der Waals surface area contributed by atoms with E-state index in [2.05, 4.69) is 5.32 Å². The van der Waals surface area contributed by atoms with Crippen molar-refractivity contribution in [2.24, 2.45) is 0 Å². The van der Waals surface area contributed by atoms with Gasteiger partial charge in [-0.1, -0.05) is 30.4 Å². The van der Waals surface area contributed by atoms with Crippen molar-refractivity contribution in [3.63, 3.8) is 0 Å². The lowest BCUT2D eigenvalue weighted by atomic mass is 10.3. The largest absolute Gasteiger partial charge is 0.484 e. The molecule has 1 amide bonds. The average molecular weight is 219 g/mol. The normalized spacial score (nSPS) is 10.3. The first kappa shape index (κ1) is 12.3. The van der Waals surface area contributed by atoms with Crippen molar-refractivity contribution in [2.75, 3.05) is 13.2 Å². The van der Waals surface area contributed by atoms with E-state index in [1.165, 1.54) is 0 Å². The van der Waals surface area contributed by atoms with Crippen LogP contribution in [-0.2, 0) is 4.79 Å². The smallest absolute Gasteiger partial charge is 0.257 e. The van der Waals surface area contributed by atoms with Crippen LogP contribution < -0.4 is 10.1 Å². The molecule has 0 aromatic heterocycles. The first-order valence-electron chi connectivity index (χ1n) is 5.38. The van der Waals surface area contributed by atoms with Crippen LogP contribution in [0.1, 0.15) is 13.3 Å². The number of hydrogen-bond donors (Lipinski definition) is 1. The zero-order chi connectivity index (χ0) is 11.6. The van der Waals surface area contributed by atoms with Gasteiger partial charge in [0.25, 0.3) is 5.91 Å². The minimum atomic E-state index is -0.0895. The van der Waals surface area contributed by atoms with Gasteiger partial charge in [0.2, 0.25) is 0 Å². The zero-order valence-corrected chi connectivity index (χ0v) is 9.48. The van der Waals surface area contributed by atoms with Crippen LogP contribution in [0.15, 0.2) is 42.5 Å². The van der Waals surface area contributed by atoms with E-state index < -0.39 is 0 Å². The van der Waals surface area contributed by atoms with Gasteiger partial charge in [-0.15, -0.1) is 0 Å². The minimum absolute atomic E-state index is 0.0693. The molecule has 86 valence electrons. The van der Waals surface area contributed by atoms with Crippen molar-refractivity contribution in [1.82, 2.24) is 5.32 Å². The van der Waals surface area contributed by atoms with Gasteiger partial charge in [-0.2, -0.15) is 0 Å². The molecule has 0 saturated heterocycles. The molecule has 1 aromatic rings. The fourth-order valence-corrected chi connectivity index (χ4v) is 1.18. The molecular formula is C13H17NO2. The molecule has 1 N–H and O–H groups in total. The minimum Gasteiger partial charge on any atom is -0.484 e. The Bertz CT molecular complexity index is 333. The number of hydrogen-bond acceptors (Lipinski definition) is 2. The molecule has 0 aliphatic rings. The van der Waals surface area contributed by atoms with Crippen LogP contribution in [0.2, 0.25) is 0 Å². The second-order valence-corrected chi connectivity index (χ2v) is 3.31. The highest BCUT2D eigenvalue weighted by atomic mass is 16.5. The molecule has 0 atom stereocenters. The summed E-state index contributed by atoms with van der Waals surface area (Å²) in [5.74, 6) is 0.625. The molecule has 0 spiro atoms. The molecule has 0 fully saturated rings. The molecule has 0 heterocycles. The number of benzene rings is 1. The van der Waals surface area contributed by atoms with Crippen molar-refractivity contribution in [3.8, 4) is 5.75 Å². The predicted molar refractivity (Wildman–Crippen MR) is 64.4 cm³/mol. The fraction of sp³-hybridized carbons (Fsp3) is 0.308. The van der Waals surface area contributed by atoms with E-state index in [-0.39, 0.29) is 12.5 Å². The Balaban J connectivity index is 2.15.